The normalized spacial score (nSPS) is 20.8. The minimum absolute atomic E-state index is 0.0481. The molecule has 1 aliphatic heterocycles. The monoisotopic (exact) mass is 208 g/mol. The van der Waals surface area contributed by atoms with Crippen LogP contribution in [0.3, 0.4) is 0 Å². The smallest absolute Gasteiger partial charge is 0.253 e. The van der Waals surface area contributed by atoms with E-state index in [1.165, 1.54) is 0 Å². The maximum absolute atomic E-state index is 11.7. The van der Waals surface area contributed by atoms with Crippen LogP contribution in [0.15, 0.2) is 10.9 Å². The van der Waals surface area contributed by atoms with Crippen LogP contribution in [0.4, 0.5) is 0 Å². The van der Waals surface area contributed by atoms with Crippen molar-refractivity contribution in [2.75, 3.05) is 13.2 Å². The van der Waals surface area contributed by atoms with Crippen LogP contribution in [0.1, 0.15) is 17.9 Å². The Bertz CT molecular complexity index is 406. The summed E-state index contributed by atoms with van der Waals surface area (Å²) in [7, 11) is 0. The maximum Gasteiger partial charge on any atom is 0.253 e. The molecule has 1 atom stereocenters. The molecule has 0 N–H and O–H groups in total. The van der Waals surface area contributed by atoms with Crippen molar-refractivity contribution >= 4 is 0 Å². The van der Waals surface area contributed by atoms with Crippen LogP contribution >= 0.6 is 0 Å². The Morgan fingerprint density at radius 3 is 3.00 bits per heavy atom. The van der Waals surface area contributed by atoms with Crippen molar-refractivity contribution in [3.63, 3.8) is 0 Å². The standard InChI is InChI=1S/C11H16N2O2/c1-8-5-11(14)13(9(2)12-8)6-10-3-4-15-7-10/h5,10H,3-4,6-7H2,1-2H3. The van der Waals surface area contributed by atoms with Gasteiger partial charge in [-0.05, 0) is 20.3 Å². The van der Waals surface area contributed by atoms with Crippen LogP contribution in [-0.4, -0.2) is 22.8 Å². The van der Waals surface area contributed by atoms with Gasteiger partial charge in [-0.25, -0.2) is 4.98 Å². The number of aryl methyl sites for hydroxylation is 2. The first kappa shape index (κ1) is 10.4. The van der Waals surface area contributed by atoms with Gasteiger partial charge < -0.3 is 4.74 Å². The lowest BCUT2D eigenvalue weighted by atomic mass is 10.1. The molecule has 15 heavy (non-hydrogen) atoms. The molecule has 0 saturated carbocycles. The molecule has 4 heteroatoms. The minimum Gasteiger partial charge on any atom is -0.381 e. The van der Waals surface area contributed by atoms with Crippen molar-refractivity contribution < 1.29 is 4.74 Å². The fourth-order valence-electron chi connectivity index (χ4n) is 1.97. The first-order valence-corrected chi connectivity index (χ1v) is 5.29. The molecule has 1 saturated heterocycles. The van der Waals surface area contributed by atoms with Crippen molar-refractivity contribution in [1.29, 1.82) is 0 Å². The van der Waals surface area contributed by atoms with Gasteiger partial charge in [0, 0.05) is 30.8 Å². The zero-order chi connectivity index (χ0) is 10.8. The third-order valence-corrected chi connectivity index (χ3v) is 2.79. The van der Waals surface area contributed by atoms with Crippen LogP contribution in [-0.2, 0) is 11.3 Å². The summed E-state index contributed by atoms with van der Waals surface area (Å²) in [4.78, 5) is 16.0. The zero-order valence-electron chi connectivity index (χ0n) is 9.19. The van der Waals surface area contributed by atoms with Crippen LogP contribution in [0, 0.1) is 19.8 Å². The number of aromatic nitrogens is 2. The zero-order valence-corrected chi connectivity index (χ0v) is 9.19. The van der Waals surface area contributed by atoms with Gasteiger partial charge in [0.25, 0.3) is 5.56 Å². The lowest BCUT2D eigenvalue weighted by Crippen LogP contribution is -2.27. The Morgan fingerprint density at radius 1 is 1.60 bits per heavy atom. The molecule has 1 aromatic heterocycles. The topological polar surface area (TPSA) is 44.1 Å². The Balaban J connectivity index is 2.23. The summed E-state index contributed by atoms with van der Waals surface area (Å²) in [5, 5.41) is 0. The van der Waals surface area contributed by atoms with Gasteiger partial charge in [-0.2, -0.15) is 0 Å². The van der Waals surface area contributed by atoms with Gasteiger partial charge in [0.1, 0.15) is 5.82 Å². The van der Waals surface area contributed by atoms with E-state index >= 15 is 0 Å². The van der Waals surface area contributed by atoms with E-state index in [4.69, 9.17) is 4.74 Å². The predicted molar refractivity (Wildman–Crippen MR) is 56.9 cm³/mol. The summed E-state index contributed by atoms with van der Waals surface area (Å²) in [5.41, 5.74) is 0.836. The van der Waals surface area contributed by atoms with Crippen LogP contribution in [0.25, 0.3) is 0 Å². The van der Waals surface area contributed by atoms with Gasteiger partial charge in [0.15, 0.2) is 0 Å². The molecule has 1 unspecified atom stereocenters. The van der Waals surface area contributed by atoms with Crippen LogP contribution < -0.4 is 5.56 Å². The average molecular weight is 208 g/mol. The van der Waals surface area contributed by atoms with Crippen LogP contribution in [0.2, 0.25) is 0 Å². The highest BCUT2D eigenvalue weighted by Gasteiger charge is 2.17. The number of hydrogen-bond acceptors (Lipinski definition) is 3. The van der Waals surface area contributed by atoms with Crippen molar-refractivity contribution in [2.24, 2.45) is 5.92 Å². The summed E-state index contributed by atoms with van der Waals surface area (Å²) < 4.78 is 7.04. The molecule has 0 aromatic carbocycles. The fraction of sp³-hybridized carbons (Fsp3) is 0.636. The molecule has 0 amide bonds. The van der Waals surface area contributed by atoms with E-state index in [9.17, 15) is 4.79 Å². The van der Waals surface area contributed by atoms with Crippen molar-refractivity contribution in [3.8, 4) is 0 Å². The highest BCUT2D eigenvalue weighted by atomic mass is 16.5. The minimum atomic E-state index is 0.0481. The molecular weight excluding hydrogens is 192 g/mol. The van der Waals surface area contributed by atoms with E-state index in [2.05, 4.69) is 4.98 Å². The molecule has 2 heterocycles. The number of ether oxygens (including phenoxy) is 1. The Hall–Kier alpha value is -1.16. The van der Waals surface area contributed by atoms with E-state index in [0.29, 0.717) is 5.92 Å². The van der Waals surface area contributed by atoms with Gasteiger partial charge in [0.05, 0.1) is 6.61 Å². The SMILES string of the molecule is Cc1cc(=O)n(CC2CCOC2)c(C)n1. The molecule has 0 aliphatic carbocycles. The second kappa shape index (κ2) is 4.14. The lowest BCUT2D eigenvalue weighted by molar-refractivity contribution is 0.182. The number of nitrogens with zero attached hydrogens (tertiary/aromatic N) is 2. The largest absolute Gasteiger partial charge is 0.381 e. The third-order valence-electron chi connectivity index (χ3n) is 2.79. The molecular formula is C11H16N2O2. The van der Waals surface area contributed by atoms with E-state index < -0.39 is 0 Å². The molecule has 0 radical (unpaired) electrons. The second-order valence-corrected chi connectivity index (χ2v) is 4.12. The van der Waals surface area contributed by atoms with Crippen molar-refractivity contribution in [2.45, 2.75) is 26.8 Å². The first-order valence-electron chi connectivity index (χ1n) is 5.29. The third kappa shape index (κ3) is 2.26. The first-order chi connectivity index (χ1) is 7.16. The Kier molecular flexibility index (Phi) is 2.86. The van der Waals surface area contributed by atoms with E-state index in [-0.39, 0.29) is 5.56 Å². The summed E-state index contributed by atoms with van der Waals surface area (Å²) in [6.45, 7) is 6.04. The van der Waals surface area contributed by atoms with Gasteiger partial charge in [-0.1, -0.05) is 0 Å². The molecule has 1 aliphatic rings. The molecule has 2 rings (SSSR count). The van der Waals surface area contributed by atoms with Crippen molar-refractivity contribution in [3.05, 3.63) is 27.9 Å². The number of rotatable bonds is 2. The summed E-state index contributed by atoms with van der Waals surface area (Å²) in [5.74, 6) is 1.26. The fourth-order valence-corrected chi connectivity index (χ4v) is 1.97. The van der Waals surface area contributed by atoms with Gasteiger partial charge in [-0.15, -0.1) is 0 Å². The average Bonchev–Trinajstić information content (AvgIpc) is 2.63. The molecule has 0 bridgehead atoms. The highest BCUT2D eigenvalue weighted by Crippen LogP contribution is 2.14. The molecule has 1 fully saturated rings. The van der Waals surface area contributed by atoms with E-state index in [1.807, 2.05) is 13.8 Å². The molecule has 1 aromatic rings. The quantitative estimate of drug-likeness (QED) is 0.725. The summed E-state index contributed by atoms with van der Waals surface area (Å²) in [6, 6.07) is 1.59. The van der Waals surface area contributed by atoms with Gasteiger partial charge >= 0.3 is 0 Å². The predicted octanol–water partition coefficient (Wildman–Crippen LogP) is 0.897. The molecule has 0 spiro atoms. The second-order valence-electron chi connectivity index (χ2n) is 4.12. The van der Waals surface area contributed by atoms with Crippen molar-refractivity contribution in [1.82, 2.24) is 9.55 Å². The Morgan fingerprint density at radius 2 is 2.40 bits per heavy atom. The summed E-state index contributed by atoms with van der Waals surface area (Å²) in [6.07, 6.45) is 1.04. The van der Waals surface area contributed by atoms with Gasteiger partial charge in [0.2, 0.25) is 0 Å². The Labute approximate surface area is 88.9 Å². The molecule has 4 nitrogen and oxygen atoms in total. The van der Waals surface area contributed by atoms with Crippen LogP contribution in [0.5, 0.6) is 0 Å². The van der Waals surface area contributed by atoms with E-state index in [1.54, 1.807) is 10.6 Å². The van der Waals surface area contributed by atoms with E-state index in [0.717, 1.165) is 37.7 Å². The summed E-state index contributed by atoms with van der Waals surface area (Å²) >= 11 is 0. The van der Waals surface area contributed by atoms with Gasteiger partial charge in [-0.3, -0.25) is 9.36 Å². The number of hydrogen-bond donors (Lipinski definition) is 0. The maximum atomic E-state index is 11.7. The highest BCUT2D eigenvalue weighted by molar-refractivity contribution is 5.01. The molecule has 82 valence electrons. The lowest BCUT2D eigenvalue weighted by Gasteiger charge is -2.12.